The third-order valence-corrected chi connectivity index (χ3v) is 6.03. The van der Waals surface area contributed by atoms with Gasteiger partial charge in [-0.25, -0.2) is 17.9 Å². The lowest BCUT2D eigenvalue weighted by atomic mass is 10.0. The predicted octanol–water partition coefficient (Wildman–Crippen LogP) is 3.68. The van der Waals surface area contributed by atoms with E-state index in [9.17, 15) is 18.0 Å². The summed E-state index contributed by atoms with van der Waals surface area (Å²) < 4.78 is 37.3. The second-order valence-electron chi connectivity index (χ2n) is 7.29. The maximum absolute atomic E-state index is 12.4. The number of furan rings is 1. The fraction of sp³-hybridized carbons (Fsp3) is 0.217. The van der Waals surface area contributed by atoms with E-state index in [1.54, 1.807) is 18.2 Å². The van der Waals surface area contributed by atoms with Crippen LogP contribution in [0.15, 0.2) is 76.2 Å². The highest BCUT2D eigenvalue weighted by molar-refractivity contribution is 7.89. The normalized spacial score (nSPS) is 11.3. The fourth-order valence-electron chi connectivity index (χ4n) is 2.95. The van der Waals surface area contributed by atoms with Crippen LogP contribution >= 0.6 is 0 Å². The molecule has 1 aromatic heterocycles. The smallest absolute Gasteiger partial charge is 0.338 e. The summed E-state index contributed by atoms with van der Waals surface area (Å²) in [6, 6.07) is 16.0. The number of anilines is 1. The lowest BCUT2D eigenvalue weighted by molar-refractivity contribution is -0.119. The van der Waals surface area contributed by atoms with E-state index in [0.29, 0.717) is 11.4 Å². The van der Waals surface area contributed by atoms with Crippen LogP contribution < -0.4 is 10.0 Å². The zero-order chi connectivity index (χ0) is 23.1. The third-order valence-electron chi connectivity index (χ3n) is 4.61. The van der Waals surface area contributed by atoms with Crippen molar-refractivity contribution in [3.05, 3.63) is 83.8 Å². The summed E-state index contributed by atoms with van der Waals surface area (Å²) in [6.45, 7) is 3.58. The van der Waals surface area contributed by atoms with Gasteiger partial charge in [-0.15, -0.1) is 0 Å². The maximum Gasteiger partial charge on any atom is 0.338 e. The van der Waals surface area contributed by atoms with Gasteiger partial charge in [0.2, 0.25) is 10.0 Å². The largest absolute Gasteiger partial charge is 0.468 e. The molecule has 0 radical (unpaired) electrons. The molecule has 0 atom stereocenters. The number of ether oxygens (including phenoxy) is 1. The lowest BCUT2D eigenvalue weighted by Crippen LogP contribution is -2.23. The minimum absolute atomic E-state index is 0.00811. The first kappa shape index (κ1) is 23.2. The Hall–Kier alpha value is -3.43. The highest BCUT2D eigenvalue weighted by atomic mass is 32.2. The van der Waals surface area contributed by atoms with Gasteiger partial charge in [-0.1, -0.05) is 32.0 Å². The number of sulfonamides is 1. The molecule has 8 nitrogen and oxygen atoms in total. The van der Waals surface area contributed by atoms with Crippen LogP contribution in [0.5, 0.6) is 0 Å². The second kappa shape index (κ2) is 10.3. The van der Waals surface area contributed by atoms with Gasteiger partial charge in [0.05, 0.1) is 23.3 Å². The van der Waals surface area contributed by atoms with Crippen LogP contribution in [0.25, 0.3) is 0 Å². The molecular weight excluding hydrogens is 432 g/mol. The fourth-order valence-corrected chi connectivity index (χ4v) is 3.94. The Morgan fingerprint density at radius 3 is 2.38 bits per heavy atom. The van der Waals surface area contributed by atoms with Crippen molar-refractivity contribution in [2.45, 2.75) is 31.2 Å². The van der Waals surface area contributed by atoms with E-state index in [-0.39, 0.29) is 22.9 Å². The number of amides is 1. The molecule has 1 heterocycles. The zero-order valence-electron chi connectivity index (χ0n) is 17.7. The summed E-state index contributed by atoms with van der Waals surface area (Å²) in [7, 11) is -3.78. The quantitative estimate of drug-likeness (QED) is 0.475. The molecule has 0 fully saturated rings. The van der Waals surface area contributed by atoms with Crippen molar-refractivity contribution >= 4 is 27.6 Å². The van der Waals surface area contributed by atoms with E-state index in [2.05, 4.69) is 10.0 Å². The zero-order valence-corrected chi connectivity index (χ0v) is 18.5. The van der Waals surface area contributed by atoms with Gasteiger partial charge in [-0.2, -0.15) is 0 Å². The number of carbonyl (C=O) groups excluding carboxylic acids is 2. The molecule has 32 heavy (non-hydrogen) atoms. The molecule has 0 bridgehead atoms. The van der Waals surface area contributed by atoms with Crippen molar-refractivity contribution in [2.75, 3.05) is 11.9 Å². The van der Waals surface area contributed by atoms with Crippen LogP contribution in [0, 0.1) is 0 Å². The SMILES string of the molecule is CC(C)c1ccccc1NC(=O)COC(=O)c1ccc(S(=O)(=O)NCc2ccco2)cc1. The van der Waals surface area contributed by atoms with Gasteiger partial charge < -0.3 is 14.5 Å². The third kappa shape index (κ3) is 6.05. The van der Waals surface area contributed by atoms with E-state index >= 15 is 0 Å². The van der Waals surface area contributed by atoms with E-state index in [1.165, 1.54) is 30.5 Å². The molecule has 2 aromatic carbocycles. The van der Waals surface area contributed by atoms with Crippen molar-refractivity contribution in [1.82, 2.24) is 4.72 Å². The van der Waals surface area contributed by atoms with Crippen LogP contribution in [-0.4, -0.2) is 26.9 Å². The monoisotopic (exact) mass is 456 g/mol. The Labute approximate surface area is 186 Å². The molecule has 3 aromatic rings. The molecule has 0 aliphatic carbocycles. The van der Waals surface area contributed by atoms with E-state index < -0.39 is 28.5 Å². The molecule has 1 amide bonds. The highest BCUT2D eigenvalue weighted by Crippen LogP contribution is 2.23. The molecule has 2 N–H and O–H groups in total. The summed E-state index contributed by atoms with van der Waals surface area (Å²) >= 11 is 0. The molecule has 0 aliphatic heterocycles. The Morgan fingerprint density at radius 2 is 1.72 bits per heavy atom. The van der Waals surface area contributed by atoms with Crippen molar-refractivity contribution in [2.24, 2.45) is 0 Å². The summed E-state index contributed by atoms with van der Waals surface area (Å²) in [4.78, 5) is 24.4. The molecule has 168 valence electrons. The highest BCUT2D eigenvalue weighted by Gasteiger charge is 2.17. The van der Waals surface area contributed by atoms with Gasteiger partial charge >= 0.3 is 5.97 Å². The lowest BCUT2D eigenvalue weighted by Gasteiger charge is -2.13. The average molecular weight is 457 g/mol. The first-order valence-electron chi connectivity index (χ1n) is 9.94. The summed E-state index contributed by atoms with van der Waals surface area (Å²) in [5, 5.41) is 2.74. The Kier molecular flexibility index (Phi) is 7.45. The van der Waals surface area contributed by atoms with E-state index in [1.807, 2.05) is 32.0 Å². The molecule has 3 rings (SSSR count). The maximum atomic E-state index is 12.4. The van der Waals surface area contributed by atoms with E-state index in [0.717, 1.165) is 5.56 Å². The van der Waals surface area contributed by atoms with Crippen molar-refractivity contribution in [1.29, 1.82) is 0 Å². The van der Waals surface area contributed by atoms with Gasteiger partial charge in [-0.3, -0.25) is 4.79 Å². The number of nitrogens with one attached hydrogen (secondary N) is 2. The molecule has 0 spiro atoms. The van der Waals surface area contributed by atoms with Crippen molar-refractivity contribution in [3.8, 4) is 0 Å². The molecule has 0 saturated carbocycles. The topological polar surface area (TPSA) is 115 Å². The van der Waals surface area contributed by atoms with Crippen LogP contribution in [0.2, 0.25) is 0 Å². The van der Waals surface area contributed by atoms with Gasteiger partial charge in [0.25, 0.3) is 5.91 Å². The van der Waals surface area contributed by atoms with Crippen molar-refractivity contribution < 1.29 is 27.2 Å². The van der Waals surface area contributed by atoms with Gasteiger partial charge in [0.15, 0.2) is 6.61 Å². The minimum atomic E-state index is -3.78. The number of esters is 1. The summed E-state index contributed by atoms with van der Waals surface area (Å²) in [6.07, 6.45) is 1.45. The van der Waals surface area contributed by atoms with Gasteiger partial charge in [-0.05, 0) is 53.9 Å². The van der Waals surface area contributed by atoms with Crippen molar-refractivity contribution in [3.63, 3.8) is 0 Å². The second-order valence-corrected chi connectivity index (χ2v) is 9.06. The standard InChI is InChI=1S/C23H24N2O6S/c1-16(2)20-7-3-4-8-21(20)25-22(26)15-31-23(27)17-9-11-19(12-10-17)32(28,29)24-14-18-6-5-13-30-18/h3-13,16,24H,14-15H2,1-2H3,(H,25,26). The molecular formula is C23H24N2O6S. The van der Waals surface area contributed by atoms with Crippen LogP contribution in [-0.2, 0) is 26.1 Å². The Bertz CT molecular complexity index is 1170. The number of carbonyl (C=O) groups is 2. The molecule has 0 saturated heterocycles. The van der Waals surface area contributed by atoms with Crippen LogP contribution in [0.1, 0.15) is 41.4 Å². The van der Waals surface area contributed by atoms with E-state index in [4.69, 9.17) is 9.15 Å². The number of benzene rings is 2. The Morgan fingerprint density at radius 1 is 1.00 bits per heavy atom. The number of rotatable bonds is 9. The molecule has 0 unspecified atom stereocenters. The Balaban J connectivity index is 1.55. The summed E-state index contributed by atoms with van der Waals surface area (Å²) in [5.41, 5.74) is 1.77. The first-order chi connectivity index (χ1) is 15.3. The number of hydrogen-bond acceptors (Lipinski definition) is 6. The average Bonchev–Trinajstić information content (AvgIpc) is 3.30. The van der Waals surface area contributed by atoms with Gasteiger partial charge in [0, 0.05) is 5.69 Å². The number of para-hydroxylation sites is 1. The predicted molar refractivity (Wildman–Crippen MR) is 119 cm³/mol. The molecule has 0 aliphatic rings. The molecule has 9 heteroatoms. The van der Waals surface area contributed by atoms with Crippen LogP contribution in [0.3, 0.4) is 0 Å². The minimum Gasteiger partial charge on any atom is -0.468 e. The number of hydrogen-bond donors (Lipinski definition) is 2. The summed E-state index contributed by atoms with van der Waals surface area (Å²) in [5.74, 6) is -0.502. The van der Waals surface area contributed by atoms with Crippen LogP contribution in [0.4, 0.5) is 5.69 Å². The first-order valence-corrected chi connectivity index (χ1v) is 11.4. The van der Waals surface area contributed by atoms with Gasteiger partial charge in [0.1, 0.15) is 5.76 Å².